The highest BCUT2D eigenvalue weighted by Crippen LogP contribution is 2.32. The minimum Gasteiger partial charge on any atom is -0.496 e. The number of hydrogen-bond donors (Lipinski definition) is 1. The maximum atomic E-state index is 5.72. The molecule has 0 spiro atoms. The van der Waals surface area contributed by atoms with Crippen LogP contribution in [-0.2, 0) is 17.6 Å². The molecule has 1 N–H and O–H groups in total. The van der Waals surface area contributed by atoms with E-state index in [1.165, 1.54) is 24.0 Å². The Morgan fingerprint density at radius 3 is 2.47 bits per heavy atom. The van der Waals surface area contributed by atoms with Crippen LogP contribution in [0.5, 0.6) is 0 Å². The molecule has 1 aromatic rings. The van der Waals surface area contributed by atoms with Crippen molar-refractivity contribution in [3.05, 3.63) is 47.2 Å². The topological polar surface area (TPSA) is 21.3 Å². The predicted molar refractivity (Wildman–Crippen MR) is 68.8 cm³/mol. The molecule has 2 heteroatoms. The lowest BCUT2D eigenvalue weighted by molar-refractivity contribution is 0.197. The molecule has 1 aliphatic carbocycles. The van der Waals surface area contributed by atoms with Crippen molar-refractivity contribution in [1.29, 1.82) is 0 Å². The average molecular weight is 229 g/mol. The second-order valence-corrected chi connectivity index (χ2v) is 4.95. The van der Waals surface area contributed by atoms with E-state index in [0.29, 0.717) is 12.0 Å². The molecule has 1 heterocycles. The van der Waals surface area contributed by atoms with Gasteiger partial charge in [-0.25, -0.2) is 0 Å². The Bertz CT molecular complexity index is 413. The van der Waals surface area contributed by atoms with Gasteiger partial charge in [-0.3, -0.25) is 0 Å². The fourth-order valence-corrected chi connectivity index (χ4v) is 3.09. The summed E-state index contributed by atoms with van der Waals surface area (Å²) in [6.45, 7) is 0.854. The Kier molecular flexibility index (Phi) is 2.89. The number of likely N-dealkylation sites (N-methyl/N-ethyl adjacent to an activating group) is 1. The molecule has 17 heavy (non-hydrogen) atoms. The van der Waals surface area contributed by atoms with Crippen molar-refractivity contribution in [2.45, 2.75) is 25.3 Å². The van der Waals surface area contributed by atoms with Crippen LogP contribution in [0, 0.1) is 5.92 Å². The van der Waals surface area contributed by atoms with E-state index in [4.69, 9.17) is 4.74 Å². The third kappa shape index (κ3) is 1.98. The number of hydrogen-bond acceptors (Lipinski definition) is 2. The molecule has 0 bridgehead atoms. The molecule has 2 nitrogen and oxygen atoms in total. The molecule has 0 aromatic heterocycles. The van der Waals surface area contributed by atoms with Crippen LogP contribution in [0.4, 0.5) is 0 Å². The molecule has 2 aliphatic rings. The Balaban J connectivity index is 1.78. The van der Waals surface area contributed by atoms with Crippen molar-refractivity contribution in [1.82, 2.24) is 5.32 Å². The lowest BCUT2D eigenvalue weighted by atomic mass is 9.95. The Hall–Kier alpha value is -1.28. The number of fused-ring (bicyclic) bond motifs is 1. The smallest absolute Gasteiger partial charge is 0.109 e. The fraction of sp³-hybridized carbons (Fsp3) is 0.467. The van der Waals surface area contributed by atoms with E-state index in [1.54, 1.807) is 0 Å². The van der Waals surface area contributed by atoms with Gasteiger partial charge >= 0.3 is 0 Å². The fourth-order valence-electron chi connectivity index (χ4n) is 3.09. The van der Waals surface area contributed by atoms with Crippen molar-refractivity contribution in [2.75, 3.05) is 13.7 Å². The molecule has 0 saturated heterocycles. The summed E-state index contributed by atoms with van der Waals surface area (Å²) in [6.07, 6.45) is 5.64. The van der Waals surface area contributed by atoms with Gasteiger partial charge in [-0.05, 0) is 43.0 Å². The zero-order valence-corrected chi connectivity index (χ0v) is 10.3. The van der Waals surface area contributed by atoms with Crippen LogP contribution in [0.15, 0.2) is 36.1 Å². The molecular weight excluding hydrogens is 210 g/mol. The van der Waals surface area contributed by atoms with Crippen molar-refractivity contribution in [3.63, 3.8) is 0 Å². The third-order valence-corrected chi connectivity index (χ3v) is 3.90. The van der Waals surface area contributed by atoms with E-state index in [0.717, 1.165) is 18.8 Å². The normalized spacial score (nSPS) is 20.9. The monoisotopic (exact) mass is 229 g/mol. The summed E-state index contributed by atoms with van der Waals surface area (Å²) in [7, 11) is 2.04. The first kappa shape index (κ1) is 10.8. The average Bonchev–Trinajstić information content (AvgIpc) is 2.98. The number of nitrogens with one attached hydrogen (secondary N) is 1. The SMILES string of the molecule is CNC(C1=CCCO1)C1Cc2ccccc2C1. The first-order chi connectivity index (χ1) is 8.38. The van der Waals surface area contributed by atoms with E-state index < -0.39 is 0 Å². The summed E-state index contributed by atoms with van der Waals surface area (Å²) >= 11 is 0. The third-order valence-electron chi connectivity index (χ3n) is 3.90. The summed E-state index contributed by atoms with van der Waals surface area (Å²) in [5.74, 6) is 1.80. The Morgan fingerprint density at radius 1 is 1.24 bits per heavy atom. The molecule has 0 amide bonds. The van der Waals surface area contributed by atoms with Gasteiger partial charge in [-0.15, -0.1) is 0 Å². The van der Waals surface area contributed by atoms with Crippen LogP contribution in [0.3, 0.4) is 0 Å². The van der Waals surface area contributed by atoms with Gasteiger partial charge in [-0.2, -0.15) is 0 Å². The zero-order valence-electron chi connectivity index (χ0n) is 10.3. The van der Waals surface area contributed by atoms with Gasteiger partial charge in [0.05, 0.1) is 12.6 Å². The number of ether oxygens (including phenoxy) is 1. The summed E-state index contributed by atoms with van der Waals surface area (Å²) in [4.78, 5) is 0. The lowest BCUT2D eigenvalue weighted by Gasteiger charge is -2.23. The van der Waals surface area contributed by atoms with Crippen molar-refractivity contribution in [3.8, 4) is 0 Å². The molecule has 0 fully saturated rings. The second-order valence-electron chi connectivity index (χ2n) is 4.95. The summed E-state index contributed by atoms with van der Waals surface area (Å²) in [5, 5.41) is 3.43. The van der Waals surface area contributed by atoms with E-state index in [2.05, 4.69) is 35.7 Å². The van der Waals surface area contributed by atoms with Crippen LogP contribution in [0.1, 0.15) is 17.5 Å². The standard InChI is InChI=1S/C15H19NO/c1-16-15(14-7-4-8-17-14)13-9-11-5-2-3-6-12(11)10-13/h2-3,5-7,13,15-16H,4,8-10H2,1H3. The molecule has 1 aromatic carbocycles. The molecule has 1 unspecified atom stereocenters. The largest absolute Gasteiger partial charge is 0.496 e. The summed E-state index contributed by atoms with van der Waals surface area (Å²) < 4.78 is 5.72. The van der Waals surface area contributed by atoms with Crippen LogP contribution in [0.2, 0.25) is 0 Å². The van der Waals surface area contributed by atoms with Gasteiger partial charge in [0.2, 0.25) is 0 Å². The quantitative estimate of drug-likeness (QED) is 0.858. The maximum absolute atomic E-state index is 5.72. The van der Waals surface area contributed by atoms with Crippen LogP contribution in [0.25, 0.3) is 0 Å². The highest BCUT2D eigenvalue weighted by molar-refractivity contribution is 5.33. The van der Waals surface area contributed by atoms with E-state index in [9.17, 15) is 0 Å². The van der Waals surface area contributed by atoms with Crippen LogP contribution >= 0.6 is 0 Å². The number of rotatable bonds is 3. The lowest BCUT2D eigenvalue weighted by Crippen LogP contribution is -2.36. The van der Waals surface area contributed by atoms with Gasteiger partial charge in [0.1, 0.15) is 5.76 Å². The Labute approximate surface area is 103 Å². The van der Waals surface area contributed by atoms with Crippen molar-refractivity contribution in [2.24, 2.45) is 5.92 Å². The molecular formula is C15H19NO. The second kappa shape index (κ2) is 4.53. The predicted octanol–water partition coefficient (Wildman–Crippen LogP) is 2.29. The van der Waals surface area contributed by atoms with E-state index in [1.807, 2.05) is 7.05 Å². The highest BCUT2D eigenvalue weighted by Gasteiger charge is 2.31. The van der Waals surface area contributed by atoms with Gasteiger partial charge in [-0.1, -0.05) is 24.3 Å². The highest BCUT2D eigenvalue weighted by atomic mass is 16.5. The molecule has 90 valence electrons. The maximum Gasteiger partial charge on any atom is 0.109 e. The minimum absolute atomic E-state index is 0.380. The van der Waals surface area contributed by atoms with Gasteiger partial charge < -0.3 is 10.1 Å². The van der Waals surface area contributed by atoms with E-state index >= 15 is 0 Å². The molecule has 1 aliphatic heterocycles. The van der Waals surface area contributed by atoms with Crippen molar-refractivity contribution < 1.29 is 4.74 Å². The molecule has 0 saturated carbocycles. The van der Waals surface area contributed by atoms with Crippen LogP contribution < -0.4 is 5.32 Å². The van der Waals surface area contributed by atoms with E-state index in [-0.39, 0.29) is 0 Å². The number of benzene rings is 1. The Morgan fingerprint density at radius 2 is 1.94 bits per heavy atom. The van der Waals surface area contributed by atoms with Gasteiger partial charge in [0.25, 0.3) is 0 Å². The molecule has 0 radical (unpaired) electrons. The first-order valence-corrected chi connectivity index (χ1v) is 6.45. The first-order valence-electron chi connectivity index (χ1n) is 6.45. The summed E-state index contributed by atoms with van der Waals surface area (Å²) in [6, 6.07) is 9.17. The van der Waals surface area contributed by atoms with Crippen LogP contribution in [-0.4, -0.2) is 19.7 Å². The molecule has 3 rings (SSSR count). The zero-order chi connectivity index (χ0) is 11.7. The van der Waals surface area contributed by atoms with Gasteiger partial charge in [0.15, 0.2) is 0 Å². The minimum atomic E-state index is 0.380. The summed E-state index contributed by atoms with van der Waals surface area (Å²) in [5.41, 5.74) is 3.02. The van der Waals surface area contributed by atoms with Gasteiger partial charge in [0, 0.05) is 6.42 Å². The van der Waals surface area contributed by atoms with Crippen molar-refractivity contribution >= 4 is 0 Å². The molecule has 1 atom stereocenters.